The Morgan fingerprint density at radius 1 is 0.969 bits per heavy atom. The van der Waals surface area contributed by atoms with E-state index >= 15 is 4.39 Å². The van der Waals surface area contributed by atoms with Gasteiger partial charge in [-0.15, -0.1) is 6.58 Å². The summed E-state index contributed by atoms with van der Waals surface area (Å²) < 4.78 is 15.2. The molecule has 0 nitrogen and oxygen atoms in total. The summed E-state index contributed by atoms with van der Waals surface area (Å²) in [5.74, 6) is 7.46. The molecule has 0 aromatic heterocycles. The van der Waals surface area contributed by atoms with Crippen molar-refractivity contribution in [3.05, 3.63) is 95.3 Å². The van der Waals surface area contributed by atoms with E-state index in [-0.39, 0.29) is 5.82 Å². The van der Waals surface area contributed by atoms with Crippen molar-refractivity contribution in [3.8, 4) is 11.8 Å². The first kappa shape index (κ1) is 22.3. The van der Waals surface area contributed by atoms with Gasteiger partial charge in [-0.3, -0.25) is 0 Å². The fourth-order valence-electron chi connectivity index (χ4n) is 5.02. The highest BCUT2D eigenvalue weighted by Gasteiger charge is 2.22. The average molecular weight is 425 g/mol. The van der Waals surface area contributed by atoms with Crippen LogP contribution in [0.25, 0.3) is 10.8 Å². The molecule has 1 heteroatoms. The molecule has 0 radical (unpaired) electrons. The number of aryl methyl sites for hydroxylation is 1. The third-order valence-corrected chi connectivity index (χ3v) is 6.93. The van der Waals surface area contributed by atoms with Gasteiger partial charge in [-0.05, 0) is 85.1 Å². The van der Waals surface area contributed by atoms with Gasteiger partial charge in [0, 0.05) is 10.9 Å². The summed E-state index contributed by atoms with van der Waals surface area (Å²) in [7, 11) is 0. The summed E-state index contributed by atoms with van der Waals surface area (Å²) in [5, 5.41) is 1.65. The van der Waals surface area contributed by atoms with E-state index < -0.39 is 0 Å². The number of hydrogen-bond acceptors (Lipinski definition) is 0. The quantitative estimate of drug-likeness (QED) is 0.274. The maximum absolute atomic E-state index is 15.2. The van der Waals surface area contributed by atoms with Gasteiger partial charge < -0.3 is 0 Å². The summed E-state index contributed by atoms with van der Waals surface area (Å²) in [6.45, 7) is 6.05. The largest absolute Gasteiger partial charge is 0.205 e. The predicted molar refractivity (Wildman–Crippen MR) is 134 cm³/mol. The van der Waals surface area contributed by atoms with E-state index in [1.165, 1.54) is 49.7 Å². The van der Waals surface area contributed by atoms with Crippen LogP contribution in [0.2, 0.25) is 0 Å². The van der Waals surface area contributed by atoms with E-state index in [0.717, 1.165) is 29.7 Å². The monoisotopic (exact) mass is 424 g/mol. The molecule has 0 N–H and O–H groups in total. The Morgan fingerprint density at radius 2 is 1.75 bits per heavy atom. The topological polar surface area (TPSA) is 0 Å². The minimum Gasteiger partial charge on any atom is -0.205 e. The lowest BCUT2D eigenvalue weighted by Gasteiger charge is -2.28. The molecule has 3 aromatic carbocycles. The van der Waals surface area contributed by atoms with Crippen LogP contribution in [0.4, 0.5) is 4.39 Å². The summed E-state index contributed by atoms with van der Waals surface area (Å²) in [5.41, 5.74) is 3.99. The lowest BCUT2D eigenvalue weighted by Crippen LogP contribution is -2.13. The average Bonchev–Trinajstić information content (AvgIpc) is 2.83. The Morgan fingerprint density at radius 3 is 2.47 bits per heavy atom. The van der Waals surface area contributed by atoms with E-state index in [9.17, 15) is 0 Å². The molecule has 0 aliphatic heterocycles. The maximum atomic E-state index is 15.2. The van der Waals surface area contributed by atoms with Crippen LogP contribution in [0.15, 0.2) is 67.3 Å². The number of halogens is 1. The molecule has 32 heavy (non-hydrogen) atoms. The van der Waals surface area contributed by atoms with Crippen LogP contribution >= 0.6 is 0 Å². The van der Waals surface area contributed by atoms with Crippen molar-refractivity contribution >= 4 is 10.8 Å². The molecular weight excluding hydrogens is 391 g/mol. The standard InChI is InChI=1S/C31H33F/c1-3-5-7-24-8-10-25(11-9-24)14-17-27-18-19-29-22-28(20-21-30(29)31(27)32)26-15-12-23(6-4-2)13-16-26/h3,8-11,18-23,26H,1,4-7,12-13,15-16H2,2H3. The molecule has 3 aromatic rings. The SMILES string of the molecule is C=CCCc1ccc(C#Cc2ccc3cc(C4CCC(CCC)CC4)ccc3c2F)cc1. The van der Waals surface area contributed by atoms with Gasteiger partial charge >= 0.3 is 0 Å². The van der Waals surface area contributed by atoms with Crippen molar-refractivity contribution in [1.82, 2.24) is 0 Å². The minimum atomic E-state index is -0.212. The molecule has 164 valence electrons. The second kappa shape index (κ2) is 10.6. The van der Waals surface area contributed by atoms with Crippen molar-refractivity contribution in [2.45, 2.75) is 64.2 Å². The number of fused-ring (bicyclic) bond motifs is 1. The molecule has 1 fully saturated rings. The molecule has 0 heterocycles. The van der Waals surface area contributed by atoms with Crippen molar-refractivity contribution < 1.29 is 4.39 Å². The third-order valence-electron chi connectivity index (χ3n) is 6.93. The van der Waals surface area contributed by atoms with Gasteiger partial charge in [-0.2, -0.15) is 0 Å². The molecule has 0 amide bonds. The predicted octanol–water partition coefficient (Wildman–Crippen LogP) is 8.57. The Balaban J connectivity index is 1.50. The highest BCUT2D eigenvalue weighted by atomic mass is 19.1. The second-order valence-corrected chi connectivity index (χ2v) is 9.19. The first-order valence-electron chi connectivity index (χ1n) is 12.1. The smallest absolute Gasteiger partial charge is 0.146 e. The van der Waals surface area contributed by atoms with Crippen molar-refractivity contribution in [2.24, 2.45) is 5.92 Å². The highest BCUT2D eigenvalue weighted by Crippen LogP contribution is 2.38. The molecule has 0 bridgehead atoms. The van der Waals surface area contributed by atoms with Crippen LogP contribution in [-0.4, -0.2) is 0 Å². The first-order chi connectivity index (χ1) is 15.7. The van der Waals surface area contributed by atoms with Gasteiger partial charge in [0.1, 0.15) is 5.82 Å². The zero-order valence-corrected chi connectivity index (χ0v) is 19.2. The van der Waals surface area contributed by atoms with Crippen LogP contribution in [0.3, 0.4) is 0 Å². The fourth-order valence-corrected chi connectivity index (χ4v) is 5.02. The Bertz CT molecular complexity index is 1120. The summed E-state index contributed by atoms with van der Waals surface area (Å²) in [4.78, 5) is 0. The highest BCUT2D eigenvalue weighted by molar-refractivity contribution is 5.85. The lowest BCUT2D eigenvalue weighted by atomic mass is 9.77. The second-order valence-electron chi connectivity index (χ2n) is 9.19. The van der Waals surface area contributed by atoms with Gasteiger partial charge in [-0.25, -0.2) is 4.39 Å². The molecular formula is C31H33F. The van der Waals surface area contributed by atoms with Gasteiger partial charge in [-0.1, -0.05) is 74.1 Å². The molecule has 0 unspecified atom stereocenters. The fraction of sp³-hybridized carbons (Fsp3) is 0.355. The number of rotatable bonds is 6. The Kier molecular flexibility index (Phi) is 7.43. The zero-order valence-electron chi connectivity index (χ0n) is 19.2. The van der Waals surface area contributed by atoms with Crippen LogP contribution in [-0.2, 0) is 6.42 Å². The molecule has 0 spiro atoms. The third kappa shape index (κ3) is 5.31. The van der Waals surface area contributed by atoms with Crippen molar-refractivity contribution in [2.75, 3.05) is 0 Å². The molecule has 1 saturated carbocycles. The van der Waals surface area contributed by atoms with Crippen LogP contribution in [0.5, 0.6) is 0 Å². The van der Waals surface area contributed by atoms with Crippen LogP contribution < -0.4 is 0 Å². The molecule has 0 saturated heterocycles. The van der Waals surface area contributed by atoms with E-state index in [0.29, 0.717) is 16.9 Å². The van der Waals surface area contributed by atoms with Gasteiger partial charge in [0.15, 0.2) is 0 Å². The van der Waals surface area contributed by atoms with Crippen LogP contribution in [0, 0.1) is 23.6 Å². The van der Waals surface area contributed by atoms with E-state index in [1.54, 1.807) is 0 Å². The number of benzene rings is 3. The summed E-state index contributed by atoms with van der Waals surface area (Å²) in [6.07, 6.45) is 11.7. The Labute approximate surface area is 192 Å². The van der Waals surface area contributed by atoms with Gasteiger partial charge in [0.2, 0.25) is 0 Å². The van der Waals surface area contributed by atoms with E-state index in [4.69, 9.17) is 0 Å². The first-order valence-corrected chi connectivity index (χ1v) is 12.1. The maximum Gasteiger partial charge on any atom is 0.146 e. The van der Waals surface area contributed by atoms with Crippen molar-refractivity contribution in [1.29, 1.82) is 0 Å². The van der Waals surface area contributed by atoms with E-state index in [2.05, 4.69) is 49.6 Å². The summed E-state index contributed by atoms with van der Waals surface area (Å²) >= 11 is 0. The normalized spacial score (nSPS) is 18.2. The number of hydrogen-bond donors (Lipinski definition) is 0. The Hall–Kier alpha value is -2.85. The minimum absolute atomic E-state index is 0.212. The molecule has 4 rings (SSSR count). The summed E-state index contributed by atoms with van der Waals surface area (Å²) in [6, 6.07) is 18.3. The van der Waals surface area contributed by atoms with Gasteiger partial charge in [0.05, 0.1) is 5.56 Å². The molecule has 1 aliphatic carbocycles. The molecule has 1 aliphatic rings. The van der Waals surface area contributed by atoms with Gasteiger partial charge in [0.25, 0.3) is 0 Å². The molecule has 0 atom stereocenters. The zero-order chi connectivity index (χ0) is 22.3. The number of allylic oxidation sites excluding steroid dienone is 1. The lowest BCUT2D eigenvalue weighted by molar-refractivity contribution is 0.308. The van der Waals surface area contributed by atoms with Crippen molar-refractivity contribution in [3.63, 3.8) is 0 Å². The van der Waals surface area contributed by atoms with E-state index in [1.807, 2.05) is 36.4 Å². The van der Waals surface area contributed by atoms with Crippen LogP contribution in [0.1, 0.15) is 80.0 Å².